The van der Waals surface area contributed by atoms with Gasteiger partial charge < -0.3 is 19.9 Å². The predicted octanol–water partition coefficient (Wildman–Crippen LogP) is 1.49. The molecule has 0 fully saturated rings. The number of carbonyl (C=O) groups excluding carboxylic acids is 2. The molecule has 0 aliphatic heterocycles. The summed E-state index contributed by atoms with van der Waals surface area (Å²) in [6, 6.07) is 10.8. The SMILES string of the molecule is COc1ccc(NC(=O)C(=O)N/N=C\c2ccc(OC)c(C(=O)O)c2)cc1. The Kier molecular flexibility index (Phi) is 6.48. The summed E-state index contributed by atoms with van der Waals surface area (Å²) in [5.41, 5.74) is 2.84. The number of hydrazone groups is 1. The van der Waals surface area contributed by atoms with Crippen LogP contribution in [-0.4, -0.2) is 43.3 Å². The van der Waals surface area contributed by atoms with Crippen LogP contribution >= 0.6 is 0 Å². The highest BCUT2D eigenvalue weighted by molar-refractivity contribution is 6.39. The lowest BCUT2D eigenvalue weighted by molar-refractivity contribution is -0.136. The van der Waals surface area contributed by atoms with Crippen molar-refractivity contribution in [1.82, 2.24) is 5.43 Å². The second-order valence-electron chi connectivity index (χ2n) is 5.15. The highest BCUT2D eigenvalue weighted by atomic mass is 16.5. The molecule has 0 bridgehead atoms. The lowest BCUT2D eigenvalue weighted by atomic mass is 10.1. The number of aromatic carboxylic acids is 1. The summed E-state index contributed by atoms with van der Waals surface area (Å²) >= 11 is 0. The van der Waals surface area contributed by atoms with Crippen molar-refractivity contribution in [3.63, 3.8) is 0 Å². The Labute approximate surface area is 154 Å². The third-order valence-electron chi connectivity index (χ3n) is 3.39. The zero-order chi connectivity index (χ0) is 19.8. The molecular formula is C18H17N3O6. The van der Waals surface area contributed by atoms with Crippen molar-refractivity contribution in [2.75, 3.05) is 19.5 Å². The van der Waals surface area contributed by atoms with Gasteiger partial charge in [0.1, 0.15) is 17.1 Å². The Morgan fingerprint density at radius 2 is 1.70 bits per heavy atom. The number of methoxy groups -OCH3 is 2. The molecule has 0 unspecified atom stereocenters. The first-order chi connectivity index (χ1) is 12.9. The van der Waals surface area contributed by atoms with E-state index in [0.717, 1.165) is 0 Å². The van der Waals surface area contributed by atoms with Gasteiger partial charge in [-0.2, -0.15) is 5.10 Å². The van der Waals surface area contributed by atoms with Gasteiger partial charge in [-0.05, 0) is 48.0 Å². The molecular weight excluding hydrogens is 354 g/mol. The molecule has 0 saturated heterocycles. The van der Waals surface area contributed by atoms with Crippen molar-refractivity contribution in [2.45, 2.75) is 0 Å². The lowest BCUT2D eigenvalue weighted by Crippen LogP contribution is -2.32. The monoisotopic (exact) mass is 371 g/mol. The summed E-state index contributed by atoms with van der Waals surface area (Å²) < 4.78 is 9.95. The smallest absolute Gasteiger partial charge is 0.339 e. The zero-order valence-electron chi connectivity index (χ0n) is 14.6. The number of carbonyl (C=O) groups is 3. The number of ether oxygens (including phenoxy) is 2. The lowest BCUT2D eigenvalue weighted by Gasteiger charge is -2.06. The van der Waals surface area contributed by atoms with E-state index in [9.17, 15) is 14.4 Å². The maximum Gasteiger partial charge on any atom is 0.339 e. The van der Waals surface area contributed by atoms with Crippen LogP contribution in [0.25, 0.3) is 0 Å². The first-order valence-corrected chi connectivity index (χ1v) is 7.64. The third-order valence-corrected chi connectivity index (χ3v) is 3.39. The summed E-state index contributed by atoms with van der Waals surface area (Å²) in [5, 5.41) is 15.2. The molecule has 2 amide bonds. The molecule has 0 aliphatic rings. The van der Waals surface area contributed by atoms with Gasteiger partial charge in [-0.25, -0.2) is 10.2 Å². The molecule has 9 heteroatoms. The Hall–Kier alpha value is -3.88. The average molecular weight is 371 g/mol. The molecule has 9 nitrogen and oxygen atoms in total. The van der Waals surface area contributed by atoms with E-state index in [0.29, 0.717) is 17.0 Å². The predicted molar refractivity (Wildman–Crippen MR) is 97.3 cm³/mol. The molecule has 2 aromatic carbocycles. The minimum atomic E-state index is -1.16. The van der Waals surface area contributed by atoms with Gasteiger partial charge in [0.15, 0.2) is 0 Å². The number of nitrogens with zero attached hydrogens (tertiary/aromatic N) is 1. The van der Waals surface area contributed by atoms with Gasteiger partial charge in [-0.15, -0.1) is 0 Å². The summed E-state index contributed by atoms with van der Waals surface area (Å²) in [4.78, 5) is 34.7. The molecule has 27 heavy (non-hydrogen) atoms. The molecule has 3 N–H and O–H groups in total. The van der Waals surface area contributed by atoms with Crippen LogP contribution in [0.15, 0.2) is 47.6 Å². The molecule has 140 valence electrons. The number of amides is 2. The third kappa shape index (κ3) is 5.30. The van der Waals surface area contributed by atoms with Crippen molar-refractivity contribution in [2.24, 2.45) is 5.10 Å². The maximum absolute atomic E-state index is 11.8. The van der Waals surface area contributed by atoms with Gasteiger partial charge in [-0.1, -0.05) is 0 Å². The van der Waals surface area contributed by atoms with Crippen LogP contribution in [0, 0.1) is 0 Å². The maximum atomic E-state index is 11.8. The number of nitrogens with one attached hydrogen (secondary N) is 2. The molecule has 0 saturated carbocycles. The number of carboxylic acids is 1. The molecule has 2 aromatic rings. The highest BCUT2D eigenvalue weighted by Gasteiger charge is 2.13. The quantitative estimate of drug-likeness (QED) is 0.401. The van der Waals surface area contributed by atoms with Gasteiger partial charge in [0.05, 0.1) is 20.4 Å². The molecule has 0 aromatic heterocycles. The topological polar surface area (TPSA) is 126 Å². The highest BCUT2D eigenvalue weighted by Crippen LogP contribution is 2.19. The molecule has 0 atom stereocenters. The Balaban J connectivity index is 1.96. The van der Waals surface area contributed by atoms with Gasteiger partial charge in [0, 0.05) is 5.69 Å². The number of anilines is 1. The molecule has 2 rings (SSSR count). The minimum Gasteiger partial charge on any atom is -0.497 e. The summed E-state index contributed by atoms with van der Waals surface area (Å²) in [6.45, 7) is 0. The Bertz CT molecular complexity index is 877. The van der Waals surface area contributed by atoms with Gasteiger partial charge >= 0.3 is 17.8 Å². The van der Waals surface area contributed by atoms with E-state index >= 15 is 0 Å². The number of hydrogen-bond donors (Lipinski definition) is 3. The van der Waals surface area contributed by atoms with Crippen LogP contribution in [0.5, 0.6) is 11.5 Å². The second kappa shape index (κ2) is 8.99. The minimum absolute atomic E-state index is 0.0509. The van der Waals surface area contributed by atoms with Crippen molar-refractivity contribution in [3.8, 4) is 11.5 Å². The van der Waals surface area contributed by atoms with Crippen LogP contribution in [0.3, 0.4) is 0 Å². The van der Waals surface area contributed by atoms with Gasteiger partial charge in [0.25, 0.3) is 0 Å². The van der Waals surface area contributed by atoms with Gasteiger partial charge in [-0.3, -0.25) is 9.59 Å². The molecule has 0 spiro atoms. The molecule has 0 radical (unpaired) electrons. The first-order valence-electron chi connectivity index (χ1n) is 7.64. The van der Waals surface area contributed by atoms with Gasteiger partial charge in [0.2, 0.25) is 0 Å². The normalized spacial score (nSPS) is 10.3. The fourth-order valence-electron chi connectivity index (χ4n) is 2.05. The Morgan fingerprint density at radius 3 is 2.30 bits per heavy atom. The first kappa shape index (κ1) is 19.4. The Morgan fingerprint density at radius 1 is 1.00 bits per heavy atom. The van der Waals surface area contributed by atoms with E-state index < -0.39 is 17.8 Å². The molecule has 0 heterocycles. The number of hydrogen-bond acceptors (Lipinski definition) is 6. The van der Waals surface area contributed by atoms with E-state index in [1.165, 1.54) is 32.6 Å². The fraction of sp³-hybridized carbons (Fsp3) is 0.111. The van der Waals surface area contributed by atoms with Crippen molar-refractivity contribution in [1.29, 1.82) is 0 Å². The van der Waals surface area contributed by atoms with Crippen molar-refractivity contribution >= 4 is 29.7 Å². The largest absolute Gasteiger partial charge is 0.497 e. The van der Waals surface area contributed by atoms with Crippen LogP contribution in [0.4, 0.5) is 5.69 Å². The number of rotatable bonds is 6. The van der Waals surface area contributed by atoms with Crippen molar-refractivity contribution in [3.05, 3.63) is 53.6 Å². The van der Waals surface area contributed by atoms with Crippen LogP contribution < -0.4 is 20.2 Å². The molecule has 0 aliphatic carbocycles. The van der Waals surface area contributed by atoms with E-state index in [2.05, 4.69) is 15.8 Å². The summed E-state index contributed by atoms with van der Waals surface area (Å²) in [5.74, 6) is -2.23. The standard InChI is InChI=1S/C18H17N3O6/c1-26-13-6-4-12(5-7-13)20-16(22)17(23)21-19-10-11-3-8-15(27-2)14(9-11)18(24)25/h3-10H,1-2H3,(H,20,22)(H,21,23)(H,24,25)/b19-10-. The average Bonchev–Trinajstić information content (AvgIpc) is 2.68. The van der Waals surface area contributed by atoms with E-state index in [1.807, 2.05) is 0 Å². The summed E-state index contributed by atoms with van der Waals surface area (Å²) in [6.07, 6.45) is 1.21. The van der Waals surface area contributed by atoms with Crippen LogP contribution in [0.1, 0.15) is 15.9 Å². The summed E-state index contributed by atoms with van der Waals surface area (Å²) in [7, 11) is 2.87. The fourth-order valence-corrected chi connectivity index (χ4v) is 2.05. The van der Waals surface area contributed by atoms with E-state index in [1.54, 1.807) is 30.3 Å². The van der Waals surface area contributed by atoms with Crippen molar-refractivity contribution < 1.29 is 29.0 Å². The number of carboxylic acid groups (broad SMARTS) is 1. The van der Waals surface area contributed by atoms with Crippen LogP contribution in [-0.2, 0) is 9.59 Å². The second-order valence-corrected chi connectivity index (χ2v) is 5.15. The van der Waals surface area contributed by atoms with Crippen LogP contribution in [0.2, 0.25) is 0 Å². The zero-order valence-corrected chi connectivity index (χ0v) is 14.6. The van der Waals surface area contributed by atoms with E-state index in [-0.39, 0.29) is 11.3 Å². The van der Waals surface area contributed by atoms with E-state index in [4.69, 9.17) is 14.6 Å². The number of benzene rings is 2.